The Morgan fingerprint density at radius 3 is 2.37 bits per heavy atom. The number of nitrogens with one attached hydrogen (secondary N) is 1. The van der Waals surface area contributed by atoms with E-state index >= 15 is 0 Å². The molecule has 0 saturated carbocycles. The van der Waals surface area contributed by atoms with Gasteiger partial charge in [0.15, 0.2) is 6.61 Å². The zero-order chi connectivity index (χ0) is 25.0. The third kappa shape index (κ3) is 8.41. The number of amides is 2. The predicted molar refractivity (Wildman–Crippen MR) is 143 cm³/mol. The number of ether oxygens (including phenoxy) is 1. The highest BCUT2D eigenvalue weighted by molar-refractivity contribution is 9.10. The van der Waals surface area contributed by atoms with Crippen LogP contribution in [0.25, 0.3) is 0 Å². The van der Waals surface area contributed by atoms with E-state index in [9.17, 15) is 9.59 Å². The lowest BCUT2D eigenvalue weighted by atomic mass is 10.0. The monoisotopic (exact) mass is 556 g/mol. The number of nitrogens with zero attached hydrogens (tertiary/aromatic N) is 1. The zero-order valence-corrected chi connectivity index (χ0v) is 22.1. The van der Waals surface area contributed by atoms with Gasteiger partial charge in [0.25, 0.3) is 5.91 Å². The largest absolute Gasteiger partial charge is 0.484 e. The molecule has 184 valence electrons. The van der Waals surface area contributed by atoms with E-state index in [0.29, 0.717) is 23.7 Å². The summed E-state index contributed by atoms with van der Waals surface area (Å²) in [4.78, 5) is 28.5. The number of unbranched alkanes of at least 4 members (excludes halogenated alkanes) is 1. The van der Waals surface area contributed by atoms with Crippen LogP contribution in [0.15, 0.2) is 83.3 Å². The van der Waals surface area contributed by atoms with E-state index in [2.05, 4.69) is 28.2 Å². The van der Waals surface area contributed by atoms with E-state index in [1.54, 1.807) is 23.1 Å². The van der Waals surface area contributed by atoms with Gasteiger partial charge in [-0.15, -0.1) is 0 Å². The molecule has 3 aromatic rings. The molecule has 1 N–H and O–H groups in total. The van der Waals surface area contributed by atoms with Crippen LogP contribution in [-0.4, -0.2) is 35.9 Å². The molecule has 0 aromatic heterocycles. The molecule has 0 unspecified atom stereocenters. The third-order valence-electron chi connectivity index (χ3n) is 5.58. The first-order valence-corrected chi connectivity index (χ1v) is 12.9. The third-order valence-corrected chi connectivity index (χ3v) is 6.47. The van der Waals surface area contributed by atoms with Crippen molar-refractivity contribution >= 4 is 39.3 Å². The molecule has 3 rings (SSSR count). The van der Waals surface area contributed by atoms with Crippen molar-refractivity contribution in [2.75, 3.05) is 13.2 Å². The molecule has 0 radical (unpaired) electrons. The van der Waals surface area contributed by atoms with Gasteiger partial charge >= 0.3 is 0 Å². The number of hydrogen-bond acceptors (Lipinski definition) is 3. The maximum atomic E-state index is 13.5. The first-order valence-electron chi connectivity index (χ1n) is 11.7. The highest BCUT2D eigenvalue weighted by Crippen LogP contribution is 2.21. The van der Waals surface area contributed by atoms with E-state index in [1.807, 2.05) is 60.7 Å². The molecule has 1 atom stereocenters. The number of carbonyl (C=O) groups is 2. The van der Waals surface area contributed by atoms with E-state index < -0.39 is 6.04 Å². The summed E-state index contributed by atoms with van der Waals surface area (Å²) in [5.41, 5.74) is 1.74. The molecule has 0 fully saturated rings. The summed E-state index contributed by atoms with van der Waals surface area (Å²) in [5, 5.41) is 3.55. The molecule has 7 heteroatoms. The molecule has 0 aliphatic heterocycles. The number of halogens is 2. The van der Waals surface area contributed by atoms with Crippen LogP contribution in [0.1, 0.15) is 30.9 Å². The van der Waals surface area contributed by atoms with Crippen molar-refractivity contribution in [2.45, 2.75) is 38.8 Å². The number of rotatable bonds is 12. The van der Waals surface area contributed by atoms with Gasteiger partial charge in [-0.2, -0.15) is 0 Å². The van der Waals surface area contributed by atoms with Crippen LogP contribution >= 0.6 is 27.5 Å². The molecule has 0 saturated heterocycles. The van der Waals surface area contributed by atoms with Crippen molar-refractivity contribution in [2.24, 2.45) is 0 Å². The molecule has 0 spiro atoms. The second-order valence-corrected chi connectivity index (χ2v) is 9.53. The van der Waals surface area contributed by atoms with Gasteiger partial charge in [0.2, 0.25) is 5.91 Å². The Labute approximate surface area is 220 Å². The summed E-state index contributed by atoms with van der Waals surface area (Å²) in [6, 6.07) is 23.6. The topological polar surface area (TPSA) is 58.6 Å². The number of benzene rings is 3. The molecule has 2 amide bonds. The Kier molecular flexibility index (Phi) is 10.6. The summed E-state index contributed by atoms with van der Waals surface area (Å²) in [7, 11) is 0. The lowest BCUT2D eigenvalue weighted by molar-refractivity contribution is -0.142. The SMILES string of the molecule is CCCCNC(=O)[C@H](Cc1ccccc1)N(Cc1ccccc1Cl)C(=O)COc1ccc(Br)cc1. The molecular formula is C28H30BrClN2O3. The highest BCUT2D eigenvalue weighted by atomic mass is 79.9. The van der Waals surface area contributed by atoms with Crippen molar-refractivity contribution in [3.8, 4) is 5.75 Å². The maximum absolute atomic E-state index is 13.5. The zero-order valence-electron chi connectivity index (χ0n) is 19.8. The van der Waals surface area contributed by atoms with Crippen LogP contribution < -0.4 is 10.1 Å². The maximum Gasteiger partial charge on any atom is 0.261 e. The van der Waals surface area contributed by atoms with Crippen molar-refractivity contribution < 1.29 is 14.3 Å². The van der Waals surface area contributed by atoms with Crippen molar-refractivity contribution in [1.29, 1.82) is 0 Å². The Morgan fingerprint density at radius 1 is 1.00 bits per heavy atom. The fourth-order valence-corrected chi connectivity index (χ4v) is 4.09. The molecule has 0 aliphatic carbocycles. The predicted octanol–water partition coefficient (Wildman–Crippen LogP) is 6.04. The standard InChI is InChI=1S/C28H30BrClN2O3/c1-2-3-17-31-28(34)26(18-21-9-5-4-6-10-21)32(19-22-11-7-8-12-25(22)30)27(33)20-35-24-15-13-23(29)14-16-24/h4-16,26H,2-3,17-20H2,1H3,(H,31,34)/t26-/m0/s1. The van der Waals surface area contributed by atoms with Gasteiger partial charge in [-0.25, -0.2) is 0 Å². The average molecular weight is 558 g/mol. The summed E-state index contributed by atoms with van der Waals surface area (Å²) in [5.74, 6) is 0.0945. The fraction of sp³-hybridized carbons (Fsp3) is 0.286. The Morgan fingerprint density at radius 2 is 1.69 bits per heavy atom. The molecule has 0 heterocycles. The van der Waals surface area contributed by atoms with Crippen molar-refractivity contribution in [3.05, 3.63) is 99.5 Å². The molecule has 3 aromatic carbocycles. The molecule has 0 bridgehead atoms. The van der Waals surface area contributed by atoms with E-state index in [1.165, 1.54) is 0 Å². The van der Waals surface area contributed by atoms with Crippen LogP contribution in [0.2, 0.25) is 5.02 Å². The molecule has 5 nitrogen and oxygen atoms in total. The summed E-state index contributed by atoms with van der Waals surface area (Å²) < 4.78 is 6.69. The van der Waals surface area contributed by atoms with E-state index in [0.717, 1.165) is 28.4 Å². The second-order valence-electron chi connectivity index (χ2n) is 8.21. The smallest absolute Gasteiger partial charge is 0.261 e. The molecular weight excluding hydrogens is 528 g/mol. The number of hydrogen-bond donors (Lipinski definition) is 1. The van der Waals surface area contributed by atoms with Gasteiger partial charge in [0.05, 0.1) is 0 Å². The van der Waals surface area contributed by atoms with Crippen molar-refractivity contribution in [1.82, 2.24) is 10.2 Å². The Balaban J connectivity index is 1.88. The highest BCUT2D eigenvalue weighted by Gasteiger charge is 2.31. The lowest BCUT2D eigenvalue weighted by Gasteiger charge is -2.31. The van der Waals surface area contributed by atoms with Crippen LogP contribution in [0, 0.1) is 0 Å². The minimum Gasteiger partial charge on any atom is -0.484 e. The number of carbonyl (C=O) groups excluding carboxylic acids is 2. The van der Waals surface area contributed by atoms with Gasteiger partial charge < -0.3 is 15.0 Å². The van der Waals surface area contributed by atoms with Gasteiger partial charge in [-0.05, 0) is 47.9 Å². The van der Waals surface area contributed by atoms with Gasteiger partial charge in [-0.3, -0.25) is 9.59 Å². The van der Waals surface area contributed by atoms with Crippen molar-refractivity contribution in [3.63, 3.8) is 0 Å². The van der Waals surface area contributed by atoms with Gasteiger partial charge in [-0.1, -0.05) is 89.4 Å². The van der Waals surface area contributed by atoms with Crippen LogP contribution in [0.3, 0.4) is 0 Å². The van der Waals surface area contributed by atoms with Gasteiger partial charge in [0, 0.05) is 29.0 Å². The quantitative estimate of drug-likeness (QED) is 0.276. The first-order chi connectivity index (χ1) is 17.0. The molecule has 35 heavy (non-hydrogen) atoms. The normalized spacial score (nSPS) is 11.5. The minimum absolute atomic E-state index is 0.189. The summed E-state index contributed by atoms with van der Waals surface area (Å²) in [6.45, 7) is 2.63. The van der Waals surface area contributed by atoms with Gasteiger partial charge in [0.1, 0.15) is 11.8 Å². The van der Waals surface area contributed by atoms with E-state index in [-0.39, 0.29) is 25.0 Å². The average Bonchev–Trinajstić information content (AvgIpc) is 2.87. The first kappa shape index (κ1) is 26.8. The Hall–Kier alpha value is -2.83. The van der Waals surface area contributed by atoms with E-state index in [4.69, 9.17) is 16.3 Å². The summed E-state index contributed by atoms with van der Waals surface area (Å²) in [6.07, 6.45) is 2.22. The van der Waals surface area contributed by atoms with Crippen LogP contribution in [0.4, 0.5) is 0 Å². The second kappa shape index (κ2) is 13.9. The lowest BCUT2D eigenvalue weighted by Crippen LogP contribution is -2.51. The van der Waals surface area contributed by atoms with Crippen LogP contribution in [0.5, 0.6) is 5.75 Å². The minimum atomic E-state index is -0.716. The molecule has 0 aliphatic rings. The summed E-state index contributed by atoms with van der Waals surface area (Å²) >= 11 is 9.83. The Bertz CT molecular complexity index is 1090. The fourth-order valence-electron chi connectivity index (χ4n) is 3.63. The van der Waals surface area contributed by atoms with Crippen LogP contribution in [-0.2, 0) is 22.6 Å².